The molecule has 0 heterocycles. The number of rotatable bonds is 4. The van der Waals surface area contributed by atoms with Gasteiger partial charge in [0, 0.05) is 12.5 Å². The highest BCUT2D eigenvalue weighted by Crippen LogP contribution is 2.32. The second-order valence-electron chi connectivity index (χ2n) is 5.56. The normalized spacial score (nSPS) is 14.1. The monoisotopic (exact) mass is 269 g/mol. The molecule has 2 aromatic rings. The lowest BCUT2D eigenvalue weighted by molar-refractivity contribution is 0.146. The second kappa shape index (κ2) is 6.21. The van der Waals surface area contributed by atoms with Crippen molar-refractivity contribution in [1.29, 1.82) is 0 Å². The molecular formula is C18H23NO. The molecule has 0 amide bonds. The summed E-state index contributed by atoms with van der Waals surface area (Å²) < 4.78 is 0. The zero-order chi connectivity index (χ0) is 14.7. The summed E-state index contributed by atoms with van der Waals surface area (Å²) in [6.07, 6.45) is -0.567. The van der Waals surface area contributed by atoms with Gasteiger partial charge in [0.25, 0.3) is 0 Å². The summed E-state index contributed by atoms with van der Waals surface area (Å²) >= 11 is 0. The SMILES string of the molecule is Cc1ccc(C(CN)C(O)c2cc(C)ccc2C)cc1. The second-order valence-corrected chi connectivity index (χ2v) is 5.56. The molecule has 2 atom stereocenters. The van der Waals surface area contributed by atoms with Crippen molar-refractivity contribution in [3.8, 4) is 0 Å². The van der Waals surface area contributed by atoms with Crippen molar-refractivity contribution in [3.05, 3.63) is 70.3 Å². The number of benzene rings is 2. The number of aliphatic hydroxyl groups is 1. The Morgan fingerprint density at radius 2 is 1.55 bits per heavy atom. The smallest absolute Gasteiger partial charge is 0.0873 e. The highest BCUT2D eigenvalue weighted by molar-refractivity contribution is 5.35. The molecule has 0 fully saturated rings. The van der Waals surface area contributed by atoms with Gasteiger partial charge in [-0.2, -0.15) is 0 Å². The topological polar surface area (TPSA) is 46.2 Å². The third-order valence-corrected chi connectivity index (χ3v) is 3.89. The number of nitrogens with two attached hydrogens (primary N) is 1. The van der Waals surface area contributed by atoms with Gasteiger partial charge in [0.05, 0.1) is 6.10 Å². The first-order chi connectivity index (χ1) is 9.52. The molecule has 0 aromatic heterocycles. The van der Waals surface area contributed by atoms with Crippen LogP contribution in [0.5, 0.6) is 0 Å². The van der Waals surface area contributed by atoms with Crippen LogP contribution in [0.4, 0.5) is 0 Å². The molecule has 2 nitrogen and oxygen atoms in total. The van der Waals surface area contributed by atoms with Gasteiger partial charge in [-0.05, 0) is 37.5 Å². The Balaban J connectivity index is 2.35. The molecule has 106 valence electrons. The van der Waals surface area contributed by atoms with E-state index in [1.807, 2.05) is 13.8 Å². The molecule has 0 radical (unpaired) electrons. The summed E-state index contributed by atoms with van der Waals surface area (Å²) in [5, 5.41) is 10.7. The van der Waals surface area contributed by atoms with Gasteiger partial charge in [0.2, 0.25) is 0 Å². The molecule has 0 aliphatic rings. The van der Waals surface area contributed by atoms with Gasteiger partial charge >= 0.3 is 0 Å². The summed E-state index contributed by atoms with van der Waals surface area (Å²) in [4.78, 5) is 0. The van der Waals surface area contributed by atoms with Gasteiger partial charge in [-0.3, -0.25) is 0 Å². The van der Waals surface area contributed by atoms with E-state index in [9.17, 15) is 5.11 Å². The van der Waals surface area contributed by atoms with Gasteiger partial charge in [-0.25, -0.2) is 0 Å². The van der Waals surface area contributed by atoms with Gasteiger partial charge in [0.15, 0.2) is 0 Å². The van der Waals surface area contributed by atoms with Crippen molar-refractivity contribution in [1.82, 2.24) is 0 Å². The molecule has 2 aromatic carbocycles. The fraction of sp³-hybridized carbons (Fsp3) is 0.333. The Bertz CT molecular complexity index is 574. The Hall–Kier alpha value is -1.64. The maximum Gasteiger partial charge on any atom is 0.0873 e. The number of hydrogen-bond acceptors (Lipinski definition) is 2. The lowest BCUT2D eigenvalue weighted by Crippen LogP contribution is -2.21. The summed E-state index contributed by atoms with van der Waals surface area (Å²) in [5.74, 6) is -0.0731. The Labute approximate surface area is 121 Å². The average Bonchev–Trinajstić information content (AvgIpc) is 2.44. The minimum Gasteiger partial charge on any atom is -0.388 e. The Kier molecular flexibility index (Phi) is 4.58. The van der Waals surface area contributed by atoms with Crippen molar-refractivity contribution < 1.29 is 5.11 Å². The largest absolute Gasteiger partial charge is 0.388 e. The van der Waals surface area contributed by atoms with E-state index in [0.29, 0.717) is 6.54 Å². The zero-order valence-electron chi connectivity index (χ0n) is 12.4. The van der Waals surface area contributed by atoms with E-state index in [1.165, 1.54) is 5.56 Å². The molecule has 3 N–H and O–H groups in total. The summed E-state index contributed by atoms with van der Waals surface area (Å²) in [6.45, 7) is 6.56. The highest BCUT2D eigenvalue weighted by atomic mass is 16.3. The van der Waals surface area contributed by atoms with Gasteiger partial charge in [0.1, 0.15) is 0 Å². The third-order valence-electron chi connectivity index (χ3n) is 3.89. The van der Waals surface area contributed by atoms with Crippen LogP contribution >= 0.6 is 0 Å². The molecule has 2 heteroatoms. The van der Waals surface area contributed by atoms with Crippen LogP contribution in [0.15, 0.2) is 42.5 Å². The third kappa shape index (κ3) is 3.09. The fourth-order valence-corrected chi connectivity index (χ4v) is 2.56. The van der Waals surface area contributed by atoms with Crippen molar-refractivity contribution in [3.63, 3.8) is 0 Å². The van der Waals surface area contributed by atoms with E-state index >= 15 is 0 Å². The average molecular weight is 269 g/mol. The maximum absolute atomic E-state index is 10.7. The van der Waals surface area contributed by atoms with Crippen LogP contribution in [-0.4, -0.2) is 11.7 Å². The summed E-state index contributed by atoms with van der Waals surface area (Å²) in [6, 6.07) is 14.4. The van der Waals surface area contributed by atoms with Crippen molar-refractivity contribution in [2.75, 3.05) is 6.54 Å². The summed E-state index contributed by atoms with van der Waals surface area (Å²) in [5.41, 5.74) is 11.4. The van der Waals surface area contributed by atoms with Crippen LogP contribution in [-0.2, 0) is 0 Å². The predicted octanol–water partition coefficient (Wildman–Crippen LogP) is 3.39. The van der Waals surface area contributed by atoms with E-state index in [0.717, 1.165) is 22.3 Å². The molecule has 0 aliphatic carbocycles. The van der Waals surface area contributed by atoms with Crippen LogP contribution < -0.4 is 5.73 Å². The molecule has 0 spiro atoms. The first kappa shape index (κ1) is 14.8. The van der Waals surface area contributed by atoms with Crippen LogP contribution in [0.3, 0.4) is 0 Å². The van der Waals surface area contributed by atoms with Gasteiger partial charge in [-0.1, -0.05) is 53.6 Å². The fourth-order valence-electron chi connectivity index (χ4n) is 2.56. The zero-order valence-corrected chi connectivity index (χ0v) is 12.4. The molecule has 20 heavy (non-hydrogen) atoms. The van der Waals surface area contributed by atoms with Gasteiger partial charge < -0.3 is 10.8 Å². The highest BCUT2D eigenvalue weighted by Gasteiger charge is 2.22. The van der Waals surface area contributed by atoms with E-state index in [1.54, 1.807) is 0 Å². The molecule has 0 saturated heterocycles. The number of aryl methyl sites for hydroxylation is 3. The van der Waals surface area contributed by atoms with Crippen molar-refractivity contribution in [2.24, 2.45) is 5.73 Å². The first-order valence-electron chi connectivity index (χ1n) is 7.04. The van der Waals surface area contributed by atoms with E-state index < -0.39 is 6.10 Å². The van der Waals surface area contributed by atoms with Crippen LogP contribution in [0.1, 0.15) is 39.8 Å². The maximum atomic E-state index is 10.7. The summed E-state index contributed by atoms with van der Waals surface area (Å²) in [7, 11) is 0. The molecule has 0 bridgehead atoms. The molecule has 0 saturated carbocycles. The Morgan fingerprint density at radius 1 is 0.950 bits per heavy atom. The van der Waals surface area contributed by atoms with E-state index in [2.05, 4.69) is 49.4 Å². The standard InChI is InChI=1S/C18H23NO/c1-12-5-8-15(9-6-12)17(11-19)18(20)16-10-13(2)4-7-14(16)3/h4-10,17-18,20H,11,19H2,1-3H3. The van der Waals surface area contributed by atoms with Crippen molar-refractivity contribution in [2.45, 2.75) is 32.8 Å². The van der Waals surface area contributed by atoms with E-state index in [4.69, 9.17) is 5.73 Å². The lowest BCUT2D eigenvalue weighted by atomic mass is 9.86. The van der Waals surface area contributed by atoms with Crippen LogP contribution in [0.2, 0.25) is 0 Å². The predicted molar refractivity (Wildman–Crippen MR) is 83.9 cm³/mol. The van der Waals surface area contributed by atoms with E-state index in [-0.39, 0.29) is 5.92 Å². The first-order valence-corrected chi connectivity index (χ1v) is 7.04. The number of aliphatic hydroxyl groups excluding tert-OH is 1. The lowest BCUT2D eigenvalue weighted by Gasteiger charge is -2.24. The minimum atomic E-state index is -0.567. The molecule has 0 aliphatic heterocycles. The number of hydrogen-bond donors (Lipinski definition) is 2. The van der Waals surface area contributed by atoms with Crippen molar-refractivity contribution >= 4 is 0 Å². The Morgan fingerprint density at radius 3 is 2.15 bits per heavy atom. The van der Waals surface area contributed by atoms with Gasteiger partial charge in [-0.15, -0.1) is 0 Å². The molecule has 2 rings (SSSR count). The quantitative estimate of drug-likeness (QED) is 0.893. The minimum absolute atomic E-state index is 0.0731. The molecular weight excluding hydrogens is 246 g/mol. The van der Waals surface area contributed by atoms with Crippen LogP contribution in [0.25, 0.3) is 0 Å². The van der Waals surface area contributed by atoms with Crippen LogP contribution in [0, 0.1) is 20.8 Å². The molecule has 2 unspecified atom stereocenters.